The second-order valence-corrected chi connectivity index (χ2v) is 7.63. The fourth-order valence-corrected chi connectivity index (χ4v) is 4.78. The first-order valence-electron chi connectivity index (χ1n) is 9.30. The normalized spacial score (nSPS) is 15.9. The molecule has 1 aliphatic heterocycles. The van der Waals surface area contributed by atoms with Crippen molar-refractivity contribution in [1.82, 2.24) is 0 Å². The summed E-state index contributed by atoms with van der Waals surface area (Å²) in [4.78, 5) is 5.32. The number of fused-ring (bicyclic) bond motifs is 3. The fourth-order valence-electron chi connectivity index (χ4n) is 3.44. The zero-order valence-corrected chi connectivity index (χ0v) is 17.2. The highest BCUT2D eigenvalue weighted by Gasteiger charge is 2.35. The smallest absolute Gasteiger partial charge is 0.236 e. The molecule has 29 heavy (non-hydrogen) atoms. The Balaban J connectivity index is 1.94. The van der Waals surface area contributed by atoms with Crippen molar-refractivity contribution < 1.29 is 14.2 Å². The number of nitriles is 1. The van der Waals surface area contributed by atoms with Crippen LogP contribution in [-0.4, -0.2) is 20.1 Å². The van der Waals surface area contributed by atoms with Gasteiger partial charge in [0, 0.05) is 10.1 Å². The Kier molecular flexibility index (Phi) is 5.24. The number of hydrogen-bond donors (Lipinski definition) is 0. The zero-order valence-electron chi connectivity index (χ0n) is 16.4. The SMILES string of the molecule is CCO/C=N/C1=C(C#N)C(c2ccc(OC)cc2)c2sc3c(C)cccc3c2O1. The first-order valence-corrected chi connectivity index (χ1v) is 10.1. The average molecular weight is 404 g/mol. The van der Waals surface area contributed by atoms with Crippen molar-refractivity contribution in [1.29, 1.82) is 5.26 Å². The van der Waals surface area contributed by atoms with Gasteiger partial charge in [0.15, 0.2) is 12.2 Å². The molecule has 0 saturated heterocycles. The van der Waals surface area contributed by atoms with Gasteiger partial charge in [0.05, 0.1) is 24.5 Å². The van der Waals surface area contributed by atoms with Gasteiger partial charge < -0.3 is 14.2 Å². The van der Waals surface area contributed by atoms with E-state index in [0.717, 1.165) is 32.0 Å². The van der Waals surface area contributed by atoms with Crippen LogP contribution in [0.5, 0.6) is 11.5 Å². The van der Waals surface area contributed by atoms with E-state index in [9.17, 15) is 5.26 Å². The molecule has 0 N–H and O–H groups in total. The minimum absolute atomic E-state index is 0.264. The van der Waals surface area contributed by atoms with Gasteiger partial charge in [-0.2, -0.15) is 10.3 Å². The number of methoxy groups -OCH3 is 1. The van der Waals surface area contributed by atoms with Gasteiger partial charge in [0.25, 0.3) is 0 Å². The number of aryl methyl sites for hydroxylation is 1. The predicted octanol–water partition coefficient (Wildman–Crippen LogP) is 5.54. The molecule has 1 aromatic heterocycles. The number of hydrogen-bond acceptors (Lipinski definition) is 6. The van der Waals surface area contributed by atoms with Gasteiger partial charge in [-0.15, -0.1) is 11.3 Å². The second-order valence-electron chi connectivity index (χ2n) is 6.58. The van der Waals surface area contributed by atoms with Crippen LogP contribution in [0, 0.1) is 18.3 Å². The topological polar surface area (TPSA) is 63.8 Å². The van der Waals surface area contributed by atoms with E-state index in [1.807, 2.05) is 43.3 Å². The van der Waals surface area contributed by atoms with Crippen LogP contribution in [0.3, 0.4) is 0 Å². The Hall–Kier alpha value is -3.30. The molecule has 0 spiro atoms. The lowest BCUT2D eigenvalue weighted by Gasteiger charge is -2.24. The molecule has 5 nitrogen and oxygen atoms in total. The number of benzene rings is 2. The minimum atomic E-state index is -0.264. The lowest BCUT2D eigenvalue weighted by atomic mass is 9.88. The molecule has 4 rings (SSSR count). The van der Waals surface area contributed by atoms with Crippen molar-refractivity contribution >= 4 is 27.8 Å². The number of ether oxygens (including phenoxy) is 3. The first kappa shape index (κ1) is 19.0. The quantitative estimate of drug-likeness (QED) is 0.413. The summed E-state index contributed by atoms with van der Waals surface area (Å²) in [7, 11) is 1.64. The predicted molar refractivity (Wildman–Crippen MR) is 115 cm³/mol. The lowest BCUT2D eigenvalue weighted by molar-refractivity contribution is 0.336. The standard InChI is InChI=1S/C23H20N2O3S/c1-4-27-13-25-23-18(12-24)19(15-8-10-16(26-3)11-9-15)22-20(28-23)17-7-5-6-14(2)21(17)29-22/h5-11,13,19H,4H2,1-3H3/b25-13+. The van der Waals surface area contributed by atoms with E-state index >= 15 is 0 Å². The number of aliphatic imine (C=N–C) groups is 1. The molecule has 0 fully saturated rings. The fraction of sp³-hybridized carbons (Fsp3) is 0.217. The molecule has 2 aromatic carbocycles. The second kappa shape index (κ2) is 7.98. The largest absolute Gasteiger partial charge is 0.497 e. The molecule has 1 atom stereocenters. The van der Waals surface area contributed by atoms with Crippen molar-refractivity contribution in [3.8, 4) is 17.6 Å². The summed E-state index contributed by atoms with van der Waals surface area (Å²) in [5.41, 5.74) is 2.62. The summed E-state index contributed by atoms with van der Waals surface area (Å²) in [5, 5.41) is 11.0. The average Bonchev–Trinajstić information content (AvgIpc) is 3.12. The van der Waals surface area contributed by atoms with Crippen LogP contribution in [-0.2, 0) is 4.74 Å². The maximum absolute atomic E-state index is 9.98. The minimum Gasteiger partial charge on any atom is -0.497 e. The summed E-state index contributed by atoms with van der Waals surface area (Å²) in [6.45, 7) is 4.45. The Morgan fingerprint density at radius 3 is 2.72 bits per heavy atom. The Bertz CT molecular complexity index is 1150. The van der Waals surface area contributed by atoms with Crippen LogP contribution in [0.1, 0.15) is 28.8 Å². The van der Waals surface area contributed by atoms with Crippen LogP contribution >= 0.6 is 11.3 Å². The molecule has 1 unspecified atom stereocenters. The van der Waals surface area contributed by atoms with E-state index in [-0.39, 0.29) is 11.8 Å². The molecule has 0 saturated carbocycles. The van der Waals surface area contributed by atoms with Crippen molar-refractivity contribution in [2.75, 3.05) is 13.7 Å². The van der Waals surface area contributed by atoms with E-state index in [2.05, 4.69) is 24.1 Å². The van der Waals surface area contributed by atoms with E-state index in [1.165, 1.54) is 12.0 Å². The maximum Gasteiger partial charge on any atom is 0.236 e. The highest BCUT2D eigenvalue weighted by Crippen LogP contribution is 2.51. The van der Waals surface area contributed by atoms with Gasteiger partial charge >= 0.3 is 0 Å². The van der Waals surface area contributed by atoms with Crippen molar-refractivity contribution in [3.63, 3.8) is 0 Å². The molecule has 6 heteroatoms. The molecule has 3 aromatic rings. The third-order valence-corrected chi connectivity index (χ3v) is 6.24. The van der Waals surface area contributed by atoms with Crippen molar-refractivity contribution in [3.05, 3.63) is 69.9 Å². The Morgan fingerprint density at radius 1 is 1.24 bits per heavy atom. The van der Waals surface area contributed by atoms with Crippen molar-refractivity contribution in [2.24, 2.45) is 4.99 Å². The molecule has 0 amide bonds. The van der Waals surface area contributed by atoms with Crippen molar-refractivity contribution in [2.45, 2.75) is 19.8 Å². The molecule has 2 heterocycles. The van der Waals surface area contributed by atoms with E-state index in [1.54, 1.807) is 18.4 Å². The van der Waals surface area contributed by atoms with E-state index in [0.29, 0.717) is 12.2 Å². The molecule has 1 aliphatic rings. The highest BCUT2D eigenvalue weighted by molar-refractivity contribution is 7.19. The third-order valence-electron chi connectivity index (χ3n) is 4.85. The van der Waals surface area contributed by atoms with Crippen LogP contribution in [0.15, 0.2) is 58.9 Å². The number of rotatable bonds is 5. The maximum atomic E-state index is 9.98. The molecule has 146 valence electrons. The number of thiophene rings is 1. The summed E-state index contributed by atoms with van der Waals surface area (Å²) >= 11 is 1.66. The van der Waals surface area contributed by atoms with E-state index < -0.39 is 0 Å². The van der Waals surface area contributed by atoms with Crippen LogP contribution in [0.2, 0.25) is 0 Å². The highest BCUT2D eigenvalue weighted by atomic mass is 32.1. The number of allylic oxidation sites excluding steroid dienone is 1. The molecule has 0 radical (unpaired) electrons. The van der Waals surface area contributed by atoms with E-state index in [4.69, 9.17) is 14.2 Å². The van der Waals surface area contributed by atoms with Crippen LogP contribution in [0.25, 0.3) is 10.1 Å². The summed E-state index contributed by atoms with van der Waals surface area (Å²) in [5.74, 6) is 1.54. The molecular weight excluding hydrogens is 384 g/mol. The first-order chi connectivity index (χ1) is 14.2. The summed E-state index contributed by atoms with van der Waals surface area (Å²) in [6.07, 6.45) is 1.34. The van der Waals surface area contributed by atoms with Gasteiger partial charge in [0.2, 0.25) is 5.88 Å². The Morgan fingerprint density at radius 2 is 2.03 bits per heavy atom. The number of nitrogens with zero attached hydrogens (tertiary/aromatic N) is 2. The van der Waals surface area contributed by atoms with Crippen LogP contribution in [0.4, 0.5) is 0 Å². The van der Waals surface area contributed by atoms with Gasteiger partial charge in [-0.05, 0) is 43.2 Å². The Labute approximate surface area is 173 Å². The third kappa shape index (κ3) is 3.34. The zero-order chi connectivity index (χ0) is 20.4. The molecule has 0 bridgehead atoms. The monoisotopic (exact) mass is 404 g/mol. The van der Waals surface area contributed by atoms with Crippen LogP contribution < -0.4 is 9.47 Å². The molecule has 0 aliphatic carbocycles. The summed E-state index contributed by atoms with van der Waals surface area (Å²) < 4.78 is 17.8. The lowest BCUT2D eigenvalue weighted by Crippen LogP contribution is -2.14. The van der Waals surface area contributed by atoms with Gasteiger partial charge in [-0.3, -0.25) is 0 Å². The van der Waals surface area contributed by atoms with Gasteiger partial charge in [-0.1, -0.05) is 24.3 Å². The molecular formula is C23H20N2O3S. The van der Waals surface area contributed by atoms with Gasteiger partial charge in [-0.25, -0.2) is 0 Å². The summed E-state index contributed by atoms with van der Waals surface area (Å²) in [6, 6.07) is 16.2. The van der Waals surface area contributed by atoms with Gasteiger partial charge in [0.1, 0.15) is 17.4 Å².